The maximum Gasteiger partial charge on any atom is 0.229 e. The quantitative estimate of drug-likeness (QED) is 0.455. The van der Waals surface area contributed by atoms with Gasteiger partial charge in [-0.1, -0.05) is 42.5 Å². The Hall–Kier alpha value is -1.72. The van der Waals surface area contributed by atoms with E-state index in [4.69, 9.17) is 4.74 Å². The standard InChI is InChI=1S/C17H23NO4/c19-17(11-18(20)21)10-15-8-4-5-9-16(15)13-22-12-14-6-2-1-3-7-14/h1-4,6-8,15-17,19H,5,9-13H2/t15-,16-,17?/m1/s1. The van der Waals surface area contributed by atoms with Gasteiger partial charge in [0, 0.05) is 4.92 Å². The van der Waals surface area contributed by atoms with Gasteiger partial charge in [-0.05, 0) is 36.7 Å². The van der Waals surface area contributed by atoms with Gasteiger partial charge in [-0.3, -0.25) is 10.1 Å². The van der Waals surface area contributed by atoms with Crippen LogP contribution in [0.2, 0.25) is 0 Å². The van der Waals surface area contributed by atoms with Gasteiger partial charge in [0.15, 0.2) is 0 Å². The molecule has 0 aromatic heterocycles. The van der Waals surface area contributed by atoms with Gasteiger partial charge in [-0.25, -0.2) is 0 Å². The largest absolute Gasteiger partial charge is 0.386 e. The molecule has 1 aliphatic carbocycles. The highest BCUT2D eigenvalue weighted by Crippen LogP contribution is 2.29. The highest BCUT2D eigenvalue weighted by molar-refractivity contribution is 5.13. The Balaban J connectivity index is 1.80. The highest BCUT2D eigenvalue weighted by atomic mass is 16.6. The van der Waals surface area contributed by atoms with Crippen molar-refractivity contribution in [2.75, 3.05) is 13.2 Å². The van der Waals surface area contributed by atoms with Crippen LogP contribution < -0.4 is 0 Å². The van der Waals surface area contributed by atoms with E-state index < -0.39 is 11.0 Å². The predicted molar refractivity (Wildman–Crippen MR) is 83.9 cm³/mol. The van der Waals surface area contributed by atoms with Crippen molar-refractivity contribution >= 4 is 0 Å². The Bertz CT molecular complexity index is 489. The lowest BCUT2D eigenvalue weighted by Crippen LogP contribution is -2.28. The third-order valence-corrected chi connectivity index (χ3v) is 4.04. The zero-order valence-corrected chi connectivity index (χ0v) is 12.6. The third kappa shape index (κ3) is 5.58. The van der Waals surface area contributed by atoms with Crippen molar-refractivity contribution in [3.8, 4) is 0 Å². The molecule has 1 unspecified atom stereocenters. The van der Waals surface area contributed by atoms with Crippen LogP contribution in [0.3, 0.4) is 0 Å². The first-order valence-corrected chi connectivity index (χ1v) is 7.73. The summed E-state index contributed by atoms with van der Waals surface area (Å²) in [5, 5.41) is 20.2. The van der Waals surface area contributed by atoms with Crippen LogP contribution >= 0.6 is 0 Å². The van der Waals surface area contributed by atoms with Crippen LogP contribution in [0.15, 0.2) is 42.5 Å². The Labute approximate surface area is 130 Å². The lowest BCUT2D eigenvalue weighted by atomic mass is 9.81. The molecule has 1 N–H and O–H groups in total. The second-order valence-electron chi connectivity index (χ2n) is 5.83. The molecular weight excluding hydrogens is 282 g/mol. The van der Waals surface area contributed by atoms with Crippen LogP contribution in [0.5, 0.6) is 0 Å². The summed E-state index contributed by atoms with van der Waals surface area (Å²) < 4.78 is 5.80. The number of nitro groups is 1. The molecule has 2 rings (SSSR count). The van der Waals surface area contributed by atoms with Gasteiger partial charge < -0.3 is 9.84 Å². The fourth-order valence-corrected chi connectivity index (χ4v) is 2.89. The maximum absolute atomic E-state index is 10.5. The fraction of sp³-hybridized carbons (Fsp3) is 0.529. The summed E-state index contributed by atoms with van der Waals surface area (Å²) in [5.41, 5.74) is 1.14. The molecule has 0 saturated carbocycles. The molecule has 5 nitrogen and oxygen atoms in total. The summed E-state index contributed by atoms with van der Waals surface area (Å²) in [6.07, 6.45) is 5.71. The average Bonchev–Trinajstić information content (AvgIpc) is 2.49. The summed E-state index contributed by atoms with van der Waals surface area (Å²) in [6.45, 7) is 0.808. The zero-order chi connectivity index (χ0) is 15.8. The molecule has 120 valence electrons. The van der Waals surface area contributed by atoms with E-state index in [0.717, 1.165) is 18.4 Å². The molecule has 0 radical (unpaired) electrons. The van der Waals surface area contributed by atoms with Crippen LogP contribution in [0.4, 0.5) is 0 Å². The van der Waals surface area contributed by atoms with E-state index in [1.807, 2.05) is 30.3 Å². The monoisotopic (exact) mass is 305 g/mol. The smallest absolute Gasteiger partial charge is 0.229 e. The van der Waals surface area contributed by atoms with Crippen molar-refractivity contribution in [3.05, 3.63) is 58.2 Å². The second kappa shape index (κ2) is 8.66. The maximum atomic E-state index is 10.5. The van der Waals surface area contributed by atoms with Crippen LogP contribution in [-0.4, -0.2) is 29.3 Å². The molecule has 0 bridgehead atoms. The van der Waals surface area contributed by atoms with Crippen molar-refractivity contribution in [2.45, 2.75) is 32.0 Å². The predicted octanol–water partition coefficient (Wildman–Crippen LogP) is 2.81. The normalized spacial score (nSPS) is 22.4. The van der Waals surface area contributed by atoms with E-state index in [-0.39, 0.29) is 12.5 Å². The first-order chi connectivity index (χ1) is 10.6. The number of rotatable bonds is 8. The Kier molecular flexibility index (Phi) is 6.55. The molecule has 1 aromatic carbocycles. The topological polar surface area (TPSA) is 72.6 Å². The minimum Gasteiger partial charge on any atom is -0.386 e. The summed E-state index contributed by atoms with van der Waals surface area (Å²) in [6, 6.07) is 10.00. The van der Waals surface area contributed by atoms with Crippen LogP contribution in [-0.2, 0) is 11.3 Å². The number of hydrogen-bond acceptors (Lipinski definition) is 4. The van der Waals surface area contributed by atoms with E-state index in [9.17, 15) is 15.2 Å². The molecule has 0 spiro atoms. The molecule has 0 aliphatic heterocycles. The lowest BCUT2D eigenvalue weighted by Gasteiger charge is -2.28. The van der Waals surface area contributed by atoms with Gasteiger partial charge in [0.1, 0.15) is 6.10 Å². The molecule has 0 heterocycles. The van der Waals surface area contributed by atoms with E-state index in [1.54, 1.807) is 0 Å². The Morgan fingerprint density at radius 1 is 1.36 bits per heavy atom. The number of nitrogens with zero attached hydrogens (tertiary/aromatic N) is 1. The molecule has 1 aromatic rings. The summed E-state index contributed by atoms with van der Waals surface area (Å²) >= 11 is 0. The van der Waals surface area contributed by atoms with Gasteiger partial charge in [0.2, 0.25) is 6.54 Å². The van der Waals surface area contributed by atoms with Gasteiger partial charge in [-0.15, -0.1) is 0 Å². The molecule has 3 atom stereocenters. The van der Waals surface area contributed by atoms with Gasteiger partial charge in [0.25, 0.3) is 0 Å². The number of ether oxygens (including phenoxy) is 1. The first kappa shape index (κ1) is 16.6. The van der Waals surface area contributed by atoms with Crippen molar-refractivity contribution in [1.29, 1.82) is 0 Å². The highest BCUT2D eigenvalue weighted by Gasteiger charge is 2.26. The zero-order valence-electron chi connectivity index (χ0n) is 12.6. The van der Waals surface area contributed by atoms with Crippen molar-refractivity contribution in [2.24, 2.45) is 11.8 Å². The van der Waals surface area contributed by atoms with Gasteiger partial charge in [0.05, 0.1) is 13.2 Å². The molecule has 5 heteroatoms. The fourth-order valence-electron chi connectivity index (χ4n) is 2.89. The van der Waals surface area contributed by atoms with Crippen LogP contribution in [0.1, 0.15) is 24.8 Å². The molecule has 22 heavy (non-hydrogen) atoms. The summed E-state index contributed by atoms with van der Waals surface area (Å²) in [4.78, 5) is 10.0. The Morgan fingerprint density at radius 3 is 2.86 bits per heavy atom. The lowest BCUT2D eigenvalue weighted by molar-refractivity contribution is -0.490. The number of aliphatic hydroxyl groups is 1. The van der Waals surface area contributed by atoms with Gasteiger partial charge in [-0.2, -0.15) is 0 Å². The molecule has 1 aliphatic rings. The Morgan fingerprint density at radius 2 is 2.14 bits per heavy atom. The molecule has 0 fully saturated rings. The van der Waals surface area contributed by atoms with Crippen LogP contribution in [0.25, 0.3) is 0 Å². The summed E-state index contributed by atoms with van der Waals surface area (Å²) in [5.74, 6) is 0.467. The van der Waals surface area contributed by atoms with E-state index >= 15 is 0 Å². The average molecular weight is 305 g/mol. The van der Waals surface area contributed by atoms with E-state index in [2.05, 4.69) is 12.2 Å². The number of aliphatic hydroxyl groups excluding tert-OH is 1. The number of allylic oxidation sites excluding steroid dienone is 2. The van der Waals surface area contributed by atoms with Crippen LogP contribution in [0, 0.1) is 22.0 Å². The minimum absolute atomic E-state index is 0.152. The second-order valence-corrected chi connectivity index (χ2v) is 5.83. The number of benzene rings is 1. The molecule has 0 saturated heterocycles. The van der Waals surface area contributed by atoms with Crippen molar-refractivity contribution in [1.82, 2.24) is 0 Å². The number of hydrogen-bond donors (Lipinski definition) is 1. The minimum atomic E-state index is -0.889. The summed E-state index contributed by atoms with van der Waals surface area (Å²) in [7, 11) is 0. The molecular formula is C17H23NO4. The molecule has 0 amide bonds. The van der Waals surface area contributed by atoms with Gasteiger partial charge >= 0.3 is 0 Å². The van der Waals surface area contributed by atoms with E-state index in [0.29, 0.717) is 25.6 Å². The van der Waals surface area contributed by atoms with Crippen molar-refractivity contribution < 1.29 is 14.8 Å². The van der Waals surface area contributed by atoms with E-state index in [1.165, 1.54) is 0 Å². The van der Waals surface area contributed by atoms with Crippen molar-refractivity contribution in [3.63, 3.8) is 0 Å². The third-order valence-electron chi connectivity index (χ3n) is 4.04. The first-order valence-electron chi connectivity index (χ1n) is 7.73. The SMILES string of the molecule is O=[N+]([O-])CC(O)C[C@H]1C=CCC[C@@H]1COCc1ccccc1.